The Labute approximate surface area is 184 Å². The van der Waals surface area contributed by atoms with Gasteiger partial charge < -0.3 is 10.2 Å². The molecule has 2 heterocycles. The Bertz CT molecular complexity index is 919. The van der Waals surface area contributed by atoms with E-state index >= 15 is 0 Å². The molecular weight excluding hydrogens is 430 g/mol. The fourth-order valence-electron chi connectivity index (χ4n) is 3.43. The Morgan fingerprint density at radius 3 is 2.65 bits per heavy atom. The van der Waals surface area contributed by atoms with Gasteiger partial charge in [0.2, 0.25) is 5.95 Å². The van der Waals surface area contributed by atoms with Crippen LogP contribution in [0.2, 0.25) is 0 Å². The summed E-state index contributed by atoms with van der Waals surface area (Å²) in [5.41, 5.74) is 0.275. The molecule has 1 aliphatic heterocycles. The molecule has 0 spiro atoms. The zero-order chi connectivity index (χ0) is 22.8. The van der Waals surface area contributed by atoms with E-state index in [1.807, 2.05) is 20.8 Å². The van der Waals surface area contributed by atoms with Crippen LogP contribution in [0, 0.1) is 18.7 Å². The second kappa shape index (κ2) is 9.60. The van der Waals surface area contributed by atoms with Gasteiger partial charge in [0.25, 0.3) is 0 Å². The Kier molecular flexibility index (Phi) is 7.31. The van der Waals surface area contributed by atoms with Gasteiger partial charge >= 0.3 is 6.18 Å². The van der Waals surface area contributed by atoms with Gasteiger partial charge in [-0.2, -0.15) is 18.2 Å². The summed E-state index contributed by atoms with van der Waals surface area (Å²) in [5.74, 6) is -0.294. The van der Waals surface area contributed by atoms with Crippen LogP contribution in [0.4, 0.5) is 35.0 Å². The lowest BCUT2D eigenvalue weighted by Gasteiger charge is -2.33. The number of alkyl halides is 3. The molecule has 1 unspecified atom stereocenters. The van der Waals surface area contributed by atoms with E-state index in [0.29, 0.717) is 23.7 Å². The predicted octanol–water partition coefficient (Wildman–Crippen LogP) is 5.93. The van der Waals surface area contributed by atoms with Crippen LogP contribution in [-0.4, -0.2) is 29.1 Å². The van der Waals surface area contributed by atoms with E-state index in [2.05, 4.69) is 20.0 Å². The number of anilines is 3. The monoisotopic (exact) mass is 457 g/mol. The highest BCUT2D eigenvalue weighted by Gasteiger charge is 2.37. The molecule has 0 aliphatic carbocycles. The summed E-state index contributed by atoms with van der Waals surface area (Å²) in [4.78, 5) is 10.1. The lowest BCUT2D eigenvalue weighted by atomic mass is 10.00. The molecule has 0 bridgehead atoms. The maximum atomic E-state index is 14.5. The van der Waals surface area contributed by atoms with Gasteiger partial charge in [-0.15, -0.1) is 0 Å². The van der Waals surface area contributed by atoms with Crippen LogP contribution in [0.1, 0.15) is 44.7 Å². The largest absolute Gasteiger partial charge is 0.421 e. The van der Waals surface area contributed by atoms with Crippen molar-refractivity contribution < 1.29 is 17.6 Å². The number of aromatic nitrogens is 2. The average molecular weight is 458 g/mol. The summed E-state index contributed by atoms with van der Waals surface area (Å²) < 4.78 is 58.3. The Morgan fingerprint density at radius 2 is 2.00 bits per heavy atom. The number of nitrogens with one attached hydrogen (secondary N) is 2. The van der Waals surface area contributed by atoms with E-state index in [1.165, 1.54) is 18.0 Å². The van der Waals surface area contributed by atoms with Crippen LogP contribution in [-0.2, 0) is 6.18 Å². The van der Waals surface area contributed by atoms with Crippen molar-refractivity contribution in [1.29, 1.82) is 0 Å². The number of nitrogens with zero attached hydrogens (tertiary/aromatic N) is 3. The molecule has 1 aliphatic rings. The van der Waals surface area contributed by atoms with Gasteiger partial charge in [0, 0.05) is 31.0 Å². The number of halogens is 4. The molecule has 10 heteroatoms. The van der Waals surface area contributed by atoms with Crippen molar-refractivity contribution in [1.82, 2.24) is 14.7 Å². The van der Waals surface area contributed by atoms with E-state index in [-0.39, 0.29) is 23.7 Å². The SMILES string of the molecule is Cc1cc(SNC(C)C)c(F)cc1Nc1ncc(C(F)(F)F)c(N2CCCC(C)C2)n1. The first kappa shape index (κ1) is 23.6. The van der Waals surface area contributed by atoms with Crippen LogP contribution in [0.5, 0.6) is 0 Å². The third kappa shape index (κ3) is 6.00. The van der Waals surface area contributed by atoms with E-state index in [1.54, 1.807) is 17.9 Å². The lowest BCUT2D eigenvalue weighted by molar-refractivity contribution is -0.137. The van der Waals surface area contributed by atoms with E-state index in [9.17, 15) is 17.6 Å². The quantitative estimate of drug-likeness (QED) is 0.414. The Hall–Kier alpha value is -2.07. The summed E-state index contributed by atoms with van der Waals surface area (Å²) in [6, 6.07) is 3.16. The van der Waals surface area contributed by atoms with Crippen molar-refractivity contribution >= 4 is 29.4 Å². The molecule has 5 nitrogen and oxygen atoms in total. The highest BCUT2D eigenvalue weighted by Crippen LogP contribution is 2.37. The molecule has 0 amide bonds. The van der Waals surface area contributed by atoms with Crippen LogP contribution in [0.15, 0.2) is 23.2 Å². The Balaban J connectivity index is 1.90. The lowest BCUT2D eigenvalue weighted by Crippen LogP contribution is -2.36. The van der Waals surface area contributed by atoms with Gasteiger partial charge in [-0.3, -0.25) is 4.72 Å². The summed E-state index contributed by atoms with van der Waals surface area (Å²) in [6.07, 6.45) is -1.98. The molecule has 3 rings (SSSR count). The van der Waals surface area contributed by atoms with Crippen molar-refractivity contribution in [2.24, 2.45) is 5.92 Å². The predicted molar refractivity (Wildman–Crippen MR) is 116 cm³/mol. The number of hydrogen-bond acceptors (Lipinski definition) is 6. The first-order chi connectivity index (χ1) is 14.5. The minimum Gasteiger partial charge on any atom is -0.356 e. The molecule has 170 valence electrons. The summed E-state index contributed by atoms with van der Waals surface area (Å²) in [5, 5.41) is 2.89. The van der Waals surface area contributed by atoms with Gasteiger partial charge in [0.1, 0.15) is 17.2 Å². The molecule has 1 atom stereocenters. The third-order valence-electron chi connectivity index (χ3n) is 4.96. The fraction of sp³-hybridized carbons (Fsp3) is 0.524. The molecule has 1 aromatic carbocycles. The van der Waals surface area contributed by atoms with Gasteiger partial charge in [0.15, 0.2) is 0 Å². The number of benzene rings is 1. The fourth-order valence-corrected chi connectivity index (χ4v) is 4.18. The standard InChI is InChI=1S/C21H27F4N5S/c1-12(2)29-31-18-8-14(4)17(9-16(18)22)27-20-26-10-15(21(23,24)25)19(28-20)30-7-5-6-13(3)11-30/h8-10,12-13,29H,5-7,11H2,1-4H3,(H,26,27,28). The van der Waals surface area contributed by atoms with Gasteiger partial charge in [-0.05, 0) is 69.2 Å². The van der Waals surface area contributed by atoms with E-state index < -0.39 is 17.6 Å². The number of aryl methyl sites for hydroxylation is 1. The van der Waals surface area contributed by atoms with Crippen molar-refractivity contribution in [3.8, 4) is 0 Å². The first-order valence-corrected chi connectivity index (χ1v) is 11.0. The molecule has 1 fully saturated rings. The van der Waals surface area contributed by atoms with Crippen molar-refractivity contribution in [2.75, 3.05) is 23.3 Å². The van der Waals surface area contributed by atoms with Gasteiger partial charge in [-0.1, -0.05) is 6.92 Å². The van der Waals surface area contributed by atoms with Crippen LogP contribution >= 0.6 is 11.9 Å². The summed E-state index contributed by atoms with van der Waals surface area (Å²) in [6.45, 7) is 8.72. The smallest absolute Gasteiger partial charge is 0.356 e. The van der Waals surface area contributed by atoms with E-state index in [0.717, 1.165) is 24.6 Å². The van der Waals surface area contributed by atoms with E-state index in [4.69, 9.17) is 0 Å². The topological polar surface area (TPSA) is 53.1 Å². The molecule has 1 aromatic heterocycles. The average Bonchev–Trinajstić information content (AvgIpc) is 2.68. The van der Waals surface area contributed by atoms with Crippen LogP contribution < -0.4 is 14.9 Å². The number of rotatable bonds is 6. The number of piperidine rings is 1. The number of hydrogen-bond donors (Lipinski definition) is 2. The van der Waals surface area contributed by atoms with Crippen LogP contribution in [0.25, 0.3) is 0 Å². The summed E-state index contributed by atoms with van der Waals surface area (Å²) >= 11 is 1.19. The van der Waals surface area contributed by atoms with Gasteiger partial charge in [-0.25, -0.2) is 9.37 Å². The maximum Gasteiger partial charge on any atom is 0.421 e. The molecule has 1 saturated heterocycles. The molecule has 0 radical (unpaired) electrons. The Morgan fingerprint density at radius 1 is 1.26 bits per heavy atom. The first-order valence-electron chi connectivity index (χ1n) is 10.2. The molecule has 2 N–H and O–H groups in total. The highest BCUT2D eigenvalue weighted by molar-refractivity contribution is 7.97. The minimum atomic E-state index is -4.56. The molecule has 31 heavy (non-hydrogen) atoms. The second-order valence-electron chi connectivity index (χ2n) is 8.22. The van der Waals surface area contributed by atoms with Crippen molar-refractivity contribution in [3.05, 3.63) is 35.3 Å². The zero-order valence-corrected chi connectivity index (χ0v) is 18.8. The van der Waals surface area contributed by atoms with Gasteiger partial charge in [0.05, 0.1) is 4.90 Å². The summed E-state index contributed by atoms with van der Waals surface area (Å²) in [7, 11) is 0. The van der Waals surface area contributed by atoms with Crippen molar-refractivity contribution in [3.63, 3.8) is 0 Å². The highest BCUT2D eigenvalue weighted by atomic mass is 32.2. The minimum absolute atomic E-state index is 0.00411. The zero-order valence-electron chi connectivity index (χ0n) is 18.0. The normalized spacial score (nSPS) is 17.3. The third-order valence-corrected chi connectivity index (χ3v) is 6.08. The maximum absolute atomic E-state index is 14.5. The molecule has 2 aromatic rings. The van der Waals surface area contributed by atoms with Crippen LogP contribution in [0.3, 0.4) is 0 Å². The second-order valence-corrected chi connectivity index (χ2v) is 9.10. The molecule has 0 saturated carbocycles. The molecular formula is C21H27F4N5S. The van der Waals surface area contributed by atoms with Crippen molar-refractivity contribution in [2.45, 2.75) is 57.7 Å².